The Morgan fingerprint density at radius 1 is 1.22 bits per heavy atom. The molecule has 27 heavy (non-hydrogen) atoms. The van der Waals surface area contributed by atoms with E-state index in [9.17, 15) is 22.8 Å². The molecule has 0 bridgehead atoms. The summed E-state index contributed by atoms with van der Waals surface area (Å²) in [6, 6.07) is -1.81. The monoisotopic (exact) mass is 403 g/mol. The molecule has 2 fully saturated rings. The van der Waals surface area contributed by atoms with Crippen molar-refractivity contribution >= 4 is 27.9 Å². The zero-order valence-corrected chi connectivity index (χ0v) is 17.0. The minimum atomic E-state index is -3.39. The Morgan fingerprint density at radius 3 is 2.44 bits per heavy atom. The normalized spacial score (nSPS) is 25.5. The van der Waals surface area contributed by atoms with E-state index in [0.29, 0.717) is 19.5 Å². The molecule has 0 unspecified atom stereocenters. The first-order valence-corrected chi connectivity index (χ1v) is 11.0. The van der Waals surface area contributed by atoms with Crippen molar-refractivity contribution in [2.24, 2.45) is 5.92 Å². The highest BCUT2D eigenvalue weighted by atomic mass is 32.2. The number of amides is 4. The fourth-order valence-corrected chi connectivity index (χ4v) is 4.28. The van der Waals surface area contributed by atoms with E-state index in [1.807, 2.05) is 0 Å². The second kappa shape index (κ2) is 8.42. The van der Waals surface area contributed by atoms with Crippen LogP contribution in [0.3, 0.4) is 0 Å². The van der Waals surface area contributed by atoms with Crippen molar-refractivity contribution in [3.8, 4) is 0 Å². The highest BCUT2D eigenvalue weighted by Crippen LogP contribution is 2.26. The molecule has 0 aromatic rings. The smallest absolute Gasteiger partial charge is 0.318 e. The largest absolute Gasteiger partial charge is 0.353 e. The summed E-state index contributed by atoms with van der Waals surface area (Å²) < 4.78 is 25.5. The Morgan fingerprint density at radius 2 is 1.89 bits per heavy atom. The maximum Gasteiger partial charge on any atom is 0.318 e. The van der Waals surface area contributed by atoms with Gasteiger partial charge in [-0.3, -0.25) is 9.59 Å². The third-order valence-corrected chi connectivity index (χ3v) is 5.49. The Labute approximate surface area is 160 Å². The standard InChI is InChI=1S/C16H29N5O5S/c1-5-17-16(24)21-9-12-6-11(19-27(4,25)26)8-20(12)15(23)13(21)7-18-14(22)10(2)3/h10-13,19H,5-9H2,1-4H3,(H,17,24)(H,18,22)/t11-,12-,13-/m0/s1. The van der Waals surface area contributed by atoms with E-state index in [0.717, 1.165) is 6.26 Å². The van der Waals surface area contributed by atoms with E-state index in [2.05, 4.69) is 15.4 Å². The second-order valence-corrected chi connectivity index (χ2v) is 9.15. The van der Waals surface area contributed by atoms with Crippen LogP contribution in [0, 0.1) is 5.92 Å². The van der Waals surface area contributed by atoms with Crippen LogP contribution in [-0.2, 0) is 19.6 Å². The maximum atomic E-state index is 13.0. The van der Waals surface area contributed by atoms with Gasteiger partial charge in [0.25, 0.3) is 0 Å². The molecule has 154 valence electrons. The number of fused-ring (bicyclic) bond motifs is 1. The number of nitrogens with one attached hydrogen (secondary N) is 3. The molecular weight excluding hydrogens is 374 g/mol. The minimum absolute atomic E-state index is 0.0281. The molecule has 2 aliphatic heterocycles. The SMILES string of the molecule is CCNC(=O)N1C[C@@H]2C[C@H](NS(C)(=O)=O)CN2C(=O)[C@@H]1CNC(=O)C(C)C. The van der Waals surface area contributed by atoms with Crippen molar-refractivity contribution in [3.63, 3.8) is 0 Å². The van der Waals surface area contributed by atoms with Crippen LogP contribution in [0.5, 0.6) is 0 Å². The summed E-state index contributed by atoms with van der Waals surface area (Å²) in [4.78, 5) is 40.4. The Bertz CT molecular complexity index is 695. The van der Waals surface area contributed by atoms with Gasteiger partial charge >= 0.3 is 6.03 Å². The molecule has 0 aromatic heterocycles. The van der Waals surface area contributed by atoms with Crippen LogP contribution in [0.4, 0.5) is 4.79 Å². The molecule has 3 N–H and O–H groups in total. The van der Waals surface area contributed by atoms with E-state index in [1.165, 1.54) is 4.90 Å². The number of rotatable bonds is 6. The topological polar surface area (TPSA) is 128 Å². The molecule has 2 heterocycles. The van der Waals surface area contributed by atoms with E-state index < -0.39 is 16.1 Å². The fourth-order valence-electron chi connectivity index (χ4n) is 3.50. The fraction of sp³-hybridized carbons (Fsp3) is 0.812. The summed E-state index contributed by atoms with van der Waals surface area (Å²) in [5, 5.41) is 5.42. The van der Waals surface area contributed by atoms with Crippen LogP contribution in [0.2, 0.25) is 0 Å². The number of urea groups is 1. The Balaban J connectivity index is 2.16. The van der Waals surface area contributed by atoms with E-state index in [4.69, 9.17) is 0 Å². The molecule has 0 spiro atoms. The third kappa shape index (κ3) is 5.32. The lowest BCUT2D eigenvalue weighted by molar-refractivity contribution is -0.141. The summed E-state index contributed by atoms with van der Waals surface area (Å²) in [5.41, 5.74) is 0. The molecular formula is C16H29N5O5S. The first kappa shape index (κ1) is 21.4. The van der Waals surface area contributed by atoms with Crippen LogP contribution >= 0.6 is 0 Å². The van der Waals surface area contributed by atoms with Crippen molar-refractivity contribution in [3.05, 3.63) is 0 Å². The summed E-state index contributed by atoms with van der Waals surface area (Å²) in [6.07, 6.45) is 1.52. The molecule has 4 amide bonds. The van der Waals surface area contributed by atoms with Gasteiger partial charge in [0.05, 0.1) is 12.3 Å². The lowest BCUT2D eigenvalue weighted by Gasteiger charge is -2.42. The number of nitrogens with zero attached hydrogens (tertiary/aromatic N) is 2. The van der Waals surface area contributed by atoms with Crippen molar-refractivity contribution < 1.29 is 22.8 Å². The van der Waals surface area contributed by atoms with Crippen LogP contribution in [0.25, 0.3) is 0 Å². The summed E-state index contributed by atoms with van der Waals surface area (Å²) in [5.74, 6) is -0.706. The number of piperazine rings is 1. The van der Waals surface area contributed by atoms with Crippen molar-refractivity contribution in [1.82, 2.24) is 25.2 Å². The molecule has 2 rings (SSSR count). The minimum Gasteiger partial charge on any atom is -0.353 e. The predicted octanol–water partition coefficient (Wildman–Crippen LogP) is -1.31. The summed E-state index contributed by atoms with van der Waals surface area (Å²) in [6.45, 7) is 6.28. The molecule has 2 aliphatic rings. The number of sulfonamides is 1. The van der Waals surface area contributed by atoms with Gasteiger partial charge in [-0.1, -0.05) is 13.8 Å². The first-order valence-electron chi connectivity index (χ1n) is 9.13. The molecule has 0 saturated carbocycles. The van der Waals surface area contributed by atoms with Crippen LogP contribution in [0.1, 0.15) is 27.2 Å². The molecule has 2 saturated heterocycles. The van der Waals surface area contributed by atoms with Crippen LogP contribution in [0.15, 0.2) is 0 Å². The van der Waals surface area contributed by atoms with Gasteiger partial charge in [-0.25, -0.2) is 17.9 Å². The summed E-state index contributed by atoms with van der Waals surface area (Å²) >= 11 is 0. The molecule has 11 heteroatoms. The third-order valence-electron chi connectivity index (χ3n) is 4.73. The zero-order chi connectivity index (χ0) is 20.4. The maximum absolute atomic E-state index is 13.0. The van der Waals surface area contributed by atoms with E-state index in [-0.39, 0.29) is 48.9 Å². The van der Waals surface area contributed by atoms with Crippen LogP contribution < -0.4 is 15.4 Å². The van der Waals surface area contributed by atoms with Crippen LogP contribution in [-0.4, -0.2) is 86.6 Å². The number of hydrogen-bond acceptors (Lipinski definition) is 5. The van der Waals surface area contributed by atoms with Gasteiger partial charge in [0.2, 0.25) is 21.8 Å². The van der Waals surface area contributed by atoms with Gasteiger partial charge in [-0.2, -0.15) is 0 Å². The highest BCUT2D eigenvalue weighted by molar-refractivity contribution is 7.88. The number of hydrogen-bond donors (Lipinski definition) is 3. The van der Waals surface area contributed by atoms with E-state index >= 15 is 0 Å². The Kier molecular flexibility index (Phi) is 6.68. The quantitative estimate of drug-likeness (QED) is 0.507. The van der Waals surface area contributed by atoms with Gasteiger partial charge in [0, 0.05) is 38.1 Å². The first-order chi connectivity index (χ1) is 12.5. The van der Waals surface area contributed by atoms with Gasteiger partial charge in [-0.05, 0) is 13.3 Å². The molecule has 0 radical (unpaired) electrons. The van der Waals surface area contributed by atoms with Crippen molar-refractivity contribution in [2.75, 3.05) is 32.4 Å². The van der Waals surface area contributed by atoms with Crippen molar-refractivity contribution in [2.45, 2.75) is 45.3 Å². The lowest BCUT2D eigenvalue weighted by Crippen LogP contribution is -2.65. The highest BCUT2D eigenvalue weighted by Gasteiger charge is 2.47. The Hall–Kier alpha value is -1.88. The molecule has 3 atom stereocenters. The number of carbonyl (C=O) groups excluding carboxylic acids is 3. The van der Waals surface area contributed by atoms with Gasteiger partial charge in [-0.15, -0.1) is 0 Å². The number of carbonyl (C=O) groups is 3. The van der Waals surface area contributed by atoms with Crippen molar-refractivity contribution in [1.29, 1.82) is 0 Å². The second-order valence-electron chi connectivity index (χ2n) is 7.37. The lowest BCUT2D eigenvalue weighted by atomic mass is 10.1. The van der Waals surface area contributed by atoms with E-state index in [1.54, 1.807) is 25.7 Å². The molecule has 0 aliphatic carbocycles. The predicted molar refractivity (Wildman–Crippen MR) is 99.3 cm³/mol. The molecule has 0 aromatic carbocycles. The zero-order valence-electron chi connectivity index (χ0n) is 16.2. The molecule has 10 nitrogen and oxygen atoms in total. The average molecular weight is 404 g/mol. The average Bonchev–Trinajstić information content (AvgIpc) is 2.94. The van der Waals surface area contributed by atoms with Gasteiger partial charge < -0.3 is 20.4 Å². The van der Waals surface area contributed by atoms with Gasteiger partial charge in [0.1, 0.15) is 6.04 Å². The van der Waals surface area contributed by atoms with Gasteiger partial charge in [0.15, 0.2) is 0 Å². The summed E-state index contributed by atoms with van der Waals surface area (Å²) in [7, 11) is -3.39.